The summed E-state index contributed by atoms with van der Waals surface area (Å²) >= 11 is 3.59. The molecule has 0 unspecified atom stereocenters. The van der Waals surface area contributed by atoms with E-state index < -0.39 is 0 Å². The molecule has 0 N–H and O–H groups in total. The highest BCUT2D eigenvalue weighted by Gasteiger charge is 2.04. The van der Waals surface area contributed by atoms with Crippen LogP contribution in [0.1, 0.15) is 42.3 Å². The van der Waals surface area contributed by atoms with E-state index in [1.54, 1.807) is 0 Å². The Hall–Kier alpha value is -0.300. The number of alkyl halides is 1. The van der Waals surface area contributed by atoms with Crippen molar-refractivity contribution < 1.29 is 0 Å². The molecule has 0 nitrogen and oxygen atoms in total. The standard InChI is InChI=1S/C12H17Br/c1-4-10-6-7-12(9(3)13)8-11(10)5-2/h6-9H,4-5H2,1-3H3/t9-/m1/s1. The van der Waals surface area contributed by atoms with Crippen molar-refractivity contribution >= 4 is 15.9 Å². The summed E-state index contributed by atoms with van der Waals surface area (Å²) in [7, 11) is 0. The molecular formula is C12H17Br. The molecule has 0 heterocycles. The first-order valence-corrected chi connectivity index (χ1v) is 5.86. The molecule has 0 amide bonds. The zero-order valence-corrected chi connectivity index (χ0v) is 10.2. The Morgan fingerprint density at radius 3 is 2.23 bits per heavy atom. The summed E-state index contributed by atoms with van der Waals surface area (Å²) in [6, 6.07) is 6.79. The first-order valence-electron chi connectivity index (χ1n) is 4.94. The number of benzene rings is 1. The van der Waals surface area contributed by atoms with Gasteiger partial charge in [0.1, 0.15) is 0 Å². The van der Waals surface area contributed by atoms with Crippen molar-refractivity contribution in [3.63, 3.8) is 0 Å². The van der Waals surface area contributed by atoms with Gasteiger partial charge in [0, 0.05) is 4.83 Å². The summed E-state index contributed by atoms with van der Waals surface area (Å²) in [5.74, 6) is 0. The van der Waals surface area contributed by atoms with Crippen molar-refractivity contribution in [3.05, 3.63) is 34.9 Å². The van der Waals surface area contributed by atoms with Gasteiger partial charge in [0.25, 0.3) is 0 Å². The van der Waals surface area contributed by atoms with Gasteiger partial charge >= 0.3 is 0 Å². The molecule has 72 valence electrons. The minimum absolute atomic E-state index is 0.462. The van der Waals surface area contributed by atoms with Gasteiger partial charge in [-0.25, -0.2) is 0 Å². The average molecular weight is 241 g/mol. The fourth-order valence-electron chi connectivity index (χ4n) is 1.57. The second-order valence-corrected chi connectivity index (χ2v) is 4.72. The zero-order valence-electron chi connectivity index (χ0n) is 8.60. The molecule has 0 aliphatic rings. The Kier molecular flexibility index (Phi) is 3.98. The van der Waals surface area contributed by atoms with Crippen LogP contribution in [0.4, 0.5) is 0 Å². The smallest absolute Gasteiger partial charge is 0.0367 e. The maximum absolute atomic E-state index is 3.59. The highest BCUT2D eigenvalue weighted by Crippen LogP contribution is 2.24. The van der Waals surface area contributed by atoms with Crippen LogP contribution in [0, 0.1) is 0 Å². The lowest BCUT2D eigenvalue weighted by Crippen LogP contribution is -1.93. The average Bonchev–Trinajstić information content (AvgIpc) is 2.16. The van der Waals surface area contributed by atoms with Crippen molar-refractivity contribution in [2.24, 2.45) is 0 Å². The lowest BCUT2D eigenvalue weighted by atomic mass is 9.99. The van der Waals surface area contributed by atoms with Crippen LogP contribution in [-0.2, 0) is 12.8 Å². The third kappa shape index (κ3) is 2.57. The molecule has 0 aliphatic carbocycles. The van der Waals surface area contributed by atoms with Gasteiger partial charge in [-0.3, -0.25) is 0 Å². The third-order valence-electron chi connectivity index (χ3n) is 2.45. The summed E-state index contributed by atoms with van der Waals surface area (Å²) in [5.41, 5.74) is 4.36. The van der Waals surface area contributed by atoms with E-state index in [2.05, 4.69) is 54.9 Å². The normalized spacial score (nSPS) is 12.9. The fraction of sp³-hybridized carbons (Fsp3) is 0.500. The van der Waals surface area contributed by atoms with Crippen molar-refractivity contribution in [2.75, 3.05) is 0 Å². The second-order valence-electron chi connectivity index (χ2n) is 3.35. The molecule has 1 rings (SSSR count). The molecule has 0 saturated carbocycles. The van der Waals surface area contributed by atoms with Gasteiger partial charge in [-0.15, -0.1) is 0 Å². The quantitative estimate of drug-likeness (QED) is 0.693. The number of aryl methyl sites for hydroxylation is 2. The van der Waals surface area contributed by atoms with Crippen LogP contribution in [0.5, 0.6) is 0 Å². The minimum atomic E-state index is 0.462. The first kappa shape index (κ1) is 10.8. The summed E-state index contributed by atoms with van der Waals surface area (Å²) in [6.07, 6.45) is 2.27. The van der Waals surface area contributed by atoms with Gasteiger partial charge in [-0.2, -0.15) is 0 Å². The van der Waals surface area contributed by atoms with E-state index in [1.807, 2.05) is 0 Å². The third-order valence-corrected chi connectivity index (χ3v) is 2.98. The lowest BCUT2D eigenvalue weighted by molar-refractivity contribution is 1.01. The molecular weight excluding hydrogens is 224 g/mol. The highest BCUT2D eigenvalue weighted by molar-refractivity contribution is 9.09. The van der Waals surface area contributed by atoms with E-state index in [0.717, 1.165) is 12.8 Å². The molecule has 0 aliphatic heterocycles. The predicted molar refractivity (Wildman–Crippen MR) is 62.5 cm³/mol. The van der Waals surface area contributed by atoms with Crippen molar-refractivity contribution in [1.82, 2.24) is 0 Å². The van der Waals surface area contributed by atoms with E-state index in [9.17, 15) is 0 Å². The predicted octanol–water partition coefficient (Wildman–Crippen LogP) is 4.27. The van der Waals surface area contributed by atoms with Crippen LogP contribution in [0.2, 0.25) is 0 Å². The zero-order chi connectivity index (χ0) is 9.84. The van der Waals surface area contributed by atoms with E-state index in [4.69, 9.17) is 0 Å². The Morgan fingerprint density at radius 2 is 1.77 bits per heavy atom. The molecule has 1 aromatic carbocycles. The van der Waals surface area contributed by atoms with Gasteiger partial charge in [0.15, 0.2) is 0 Å². The minimum Gasteiger partial charge on any atom is -0.0842 e. The van der Waals surface area contributed by atoms with Gasteiger partial charge in [0.2, 0.25) is 0 Å². The van der Waals surface area contributed by atoms with E-state index in [0.29, 0.717) is 4.83 Å². The Balaban J connectivity index is 3.05. The van der Waals surface area contributed by atoms with Crippen LogP contribution in [0.3, 0.4) is 0 Å². The molecule has 1 atom stereocenters. The van der Waals surface area contributed by atoms with Crippen LogP contribution in [0.25, 0.3) is 0 Å². The van der Waals surface area contributed by atoms with Gasteiger partial charge < -0.3 is 0 Å². The second kappa shape index (κ2) is 4.80. The largest absolute Gasteiger partial charge is 0.0842 e. The maximum Gasteiger partial charge on any atom is 0.0367 e. The Morgan fingerprint density at radius 1 is 1.15 bits per heavy atom. The van der Waals surface area contributed by atoms with Crippen LogP contribution < -0.4 is 0 Å². The first-order chi connectivity index (χ1) is 6.19. The van der Waals surface area contributed by atoms with Gasteiger partial charge in [-0.05, 0) is 36.5 Å². The highest BCUT2D eigenvalue weighted by atomic mass is 79.9. The maximum atomic E-state index is 3.59. The lowest BCUT2D eigenvalue weighted by Gasteiger charge is -2.10. The fourth-order valence-corrected chi connectivity index (χ4v) is 1.85. The van der Waals surface area contributed by atoms with Gasteiger partial charge in [0.05, 0.1) is 0 Å². The van der Waals surface area contributed by atoms with Crippen molar-refractivity contribution in [2.45, 2.75) is 38.4 Å². The van der Waals surface area contributed by atoms with E-state index in [-0.39, 0.29) is 0 Å². The molecule has 0 saturated heterocycles. The summed E-state index contributed by atoms with van der Waals surface area (Å²) < 4.78 is 0. The number of hydrogen-bond donors (Lipinski definition) is 0. The molecule has 0 bridgehead atoms. The summed E-state index contributed by atoms with van der Waals surface area (Å²) in [6.45, 7) is 6.60. The summed E-state index contributed by atoms with van der Waals surface area (Å²) in [4.78, 5) is 0.462. The van der Waals surface area contributed by atoms with Crippen molar-refractivity contribution in [3.8, 4) is 0 Å². The van der Waals surface area contributed by atoms with Crippen LogP contribution in [0.15, 0.2) is 18.2 Å². The molecule has 13 heavy (non-hydrogen) atoms. The Labute approximate surface area is 89.5 Å². The Bertz CT molecular complexity index is 276. The molecule has 0 aromatic heterocycles. The molecule has 1 aromatic rings. The topological polar surface area (TPSA) is 0 Å². The van der Waals surface area contributed by atoms with E-state index in [1.165, 1.54) is 16.7 Å². The van der Waals surface area contributed by atoms with E-state index >= 15 is 0 Å². The summed E-state index contributed by atoms with van der Waals surface area (Å²) in [5, 5.41) is 0. The molecule has 0 fully saturated rings. The van der Waals surface area contributed by atoms with Crippen molar-refractivity contribution in [1.29, 1.82) is 0 Å². The molecule has 0 spiro atoms. The van der Waals surface area contributed by atoms with Crippen LogP contribution in [-0.4, -0.2) is 0 Å². The number of hydrogen-bond acceptors (Lipinski definition) is 0. The van der Waals surface area contributed by atoms with Gasteiger partial charge in [-0.1, -0.05) is 48.0 Å². The number of rotatable bonds is 3. The molecule has 0 radical (unpaired) electrons. The van der Waals surface area contributed by atoms with Crippen LogP contribution >= 0.6 is 15.9 Å². The molecule has 1 heteroatoms. The monoisotopic (exact) mass is 240 g/mol. The SMILES string of the molecule is CCc1ccc([C@@H](C)Br)cc1CC. The number of halogens is 1.